The van der Waals surface area contributed by atoms with Crippen LogP contribution >= 0.6 is 0 Å². The number of nitriles is 1. The minimum atomic E-state index is -0.489. The van der Waals surface area contributed by atoms with Crippen molar-refractivity contribution in [3.63, 3.8) is 0 Å². The molecular formula is C17H11N3O2. The first kappa shape index (κ1) is 13.6. The van der Waals surface area contributed by atoms with Crippen LogP contribution in [0.15, 0.2) is 59.5 Å². The Labute approximate surface area is 125 Å². The number of nitrogens with zero attached hydrogens (tertiary/aromatic N) is 1. The third kappa shape index (κ3) is 2.45. The highest BCUT2D eigenvalue weighted by Gasteiger charge is 2.12. The number of benzene rings is 2. The number of hydrogen-bond donors (Lipinski definition) is 2. The number of aromatic amines is 1. The average Bonchev–Trinajstić information content (AvgIpc) is 2.56. The van der Waals surface area contributed by atoms with Crippen molar-refractivity contribution in [2.45, 2.75) is 0 Å². The summed E-state index contributed by atoms with van der Waals surface area (Å²) in [7, 11) is 0. The van der Waals surface area contributed by atoms with E-state index in [2.05, 4.69) is 10.3 Å². The summed E-state index contributed by atoms with van der Waals surface area (Å²) < 4.78 is 0. The molecular weight excluding hydrogens is 278 g/mol. The fraction of sp³-hybridized carbons (Fsp3) is 0. The minimum Gasteiger partial charge on any atom is -0.360 e. The van der Waals surface area contributed by atoms with Crippen LogP contribution in [0.3, 0.4) is 0 Å². The van der Waals surface area contributed by atoms with E-state index in [1.807, 2.05) is 12.1 Å². The molecule has 2 aromatic carbocycles. The van der Waals surface area contributed by atoms with E-state index in [9.17, 15) is 9.59 Å². The van der Waals surface area contributed by atoms with Crippen LogP contribution in [0.2, 0.25) is 0 Å². The number of anilines is 1. The highest BCUT2D eigenvalue weighted by Crippen LogP contribution is 2.11. The first-order valence-electron chi connectivity index (χ1n) is 6.61. The number of carbonyl (C=O) groups is 1. The van der Waals surface area contributed by atoms with Gasteiger partial charge in [0.25, 0.3) is 5.91 Å². The number of fused-ring (bicyclic) bond motifs is 1. The minimum absolute atomic E-state index is 0.0445. The lowest BCUT2D eigenvalue weighted by atomic mass is 10.1. The molecule has 3 rings (SSSR count). The second kappa shape index (κ2) is 5.54. The summed E-state index contributed by atoms with van der Waals surface area (Å²) in [6.45, 7) is 0. The molecule has 1 aromatic heterocycles. The van der Waals surface area contributed by atoms with Gasteiger partial charge in [-0.1, -0.05) is 12.1 Å². The zero-order chi connectivity index (χ0) is 15.5. The average molecular weight is 289 g/mol. The molecule has 0 bridgehead atoms. The number of nitrogens with one attached hydrogen (secondary N) is 2. The Morgan fingerprint density at radius 3 is 2.55 bits per heavy atom. The number of hydrogen-bond acceptors (Lipinski definition) is 3. The normalized spacial score (nSPS) is 10.1. The highest BCUT2D eigenvalue weighted by molar-refractivity contribution is 6.05. The molecule has 0 aliphatic heterocycles. The van der Waals surface area contributed by atoms with Crippen LogP contribution in [-0.2, 0) is 0 Å². The maximum absolute atomic E-state index is 12.3. The smallest absolute Gasteiger partial charge is 0.261 e. The Kier molecular flexibility index (Phi) is 3.42. The molecule has 0 saturated carbocycles. The topological polar surface area (TPSA) is 85.8 Å². The summed E-state index contributed by atoms with van der Waals surface area (Å²) in [5.41, 5.74) is 1.43. The van der Waals surface area contributed by atoms with Crippen molar-refractivity contribution >= 4 is 22.5 Å². The number of carbonyl (C=O) groups excluding carboxylic acids is 1. The quantitative estimate of drug-likeness (QED) is 0.760. The lowest BCUT2D eigenvalue weighted by molar-refractivity contribution is 0.102. The lowest BCUT2D eigenvalue weighted by Crippen LogP contribution is -2.21. The van der Waals surface area contributed by atoms with Gasteiger partial charge in [0, 0.05) is 22.8 Å². The van der Waals surface area contributed by atoms with Crippen LogP contribution in [-0.4, -0.2) is 10.9 Å². The monoisotopic (exact) mass is 289 g/mol. The maximum Gasteiger partial charge on any atom is 0.261 e. The molecule has 1 amide bonds. The largest absolute Gasteiger partial charge is 0.360 e. The fourth-order valence-corrected chi connectivity index (χ4v) is 2.16. The molecule has 2 N–H and O–H groups in total. The molecule has 0 fully saturated rings. The highest BCUT2D eigenvalue weighted by atomic mass is 16.2. The van der Waals surface area contributed by atoms with E-state index in [4.69, 9.17) is 5.26 Å². The molecule has 5 heteroatoms. The van der Waals surface area contributed by atoms with Crippen molar-refractivity contribution in [2.75, 3.05) is 5.32 Å². The number of rotatable bonds is 2. The molecule has 5 nitrogen and oxygen atoms in total. The van der Waals surface area contributed by atoms with Crippen LogP contribution in [0.5, 0.6) is 0 Å². The molecule has 0 aliphatic carbocycles. The molecule has 0 saturated heterocycles. The van der Waals surface area contributed by atoms with Gasteiger partial charge in [0.15, 0.2) is 0 Å². The number of aromatic nitrogens is 1. The van der Waals surface area contributed by atoms with Gasteiger partial charge < -0.3 is 10.3 Å². The maximum atomic E-state index is 12.3. The van der Waals surface area contributed by atoms with Gasteiger partial charge in [-0.05, 0) is 36.4 Å². The second-order valence-corrected chi connectivity index (χ2v) is 4.72. The zero-order valence-electron chi connectivity index (χ0n) is 11.5. The van der Waals surface area contributed by atoms with E-state index in [1.54, 1.807) is 42.5 Å². The van der Waals surface area contributed by atoms with Crippen LogP contribution in [0.1, 0.15) is 15.9 Å². The first-order valence-corrected chi connectivity index (χ1v) is 6.61. The third-order valence-corrected chi connectivity index (χ3v) is 3.30. The summed E-state index contributed by atoms with van der Waals surface area (Å²) >= 11 is 0. The molecule has 0 spiro atoms. The van der Waals surface area contributed by atoms with Gasteiger partial charge in [-0.15, -0.1) is 0 Å². The summed E-state index contributed by atoms with van der Waals surface area (Å²) in [4.78, 5) is 27.5. The van der Waals surface area contributed by atoms with Crippen LogP contribution in [0, 0.1) is 11.3 Å². The molecule has 106 valence electrons. The van der Waals surface area contributed by atoms with E-state index in [0.717, 1.165) is 0 Å². The van der Waals surface area contributed by atoms with Gasteiger partial charge in [-0.2, -0.15) is 5.26 Å². The van der Waals surface area contributed by atoms with Gasteiger partial charge in [0.2, 0.25) is 5.43 Å². The lowest BCUT2D eigenvalue weighted by Gasteiger charge is -2.06. The summed E-state index contributed by atoms with van der Waals surface area (Å²) in [6.07, 6.45) is 1.41. The number of pyridine rings is 1. The zero-order valence-corrected chi connectivity index (χ0v) is 11.5. The Morgan fingerprint density at radius 2 is 1.82 bits per heavy atom. The van der Waals surface area contributed by atoms with Crippen molar-refractivity contribution in [3.05, 3.63) is 76.1 Å². The van der Waals surface area contributed by atoms with Gasteiger partial charge in [0.05, 0.1) is 11.6 Å². The number of para-hydroxylation sites is 1. The van der Waals surface area contributed by atoms with Crippen molar-refractivity contribution < 1.29 is 4.79 Å². The van der Waals surface area contributed by atoms with E-state index >= 15 is 0 Å². The van der Waals surface area contributed by atoms with E-state index in [1.165, 1.54) is 6.20 Å². The molecule has 22 heavy (non-hydrogen) atoms. The number of H-pyrrole nitrogens is 1. The molecule has 0 radical (unpaired) electrons. The molecule has 0 aliphatic rings. The second-order valence-electron chi connectivity index (χ2n) is 4.72. The Balaban J connectivity index is 1.93. The molecule has 0 unspecified atom stereocenters. The van der Waals surface area contributed by atoms with E-state index in [-0.39, 0.29) is 11.0 Å². The van der Waals surface area contributed by atoms with Crippen molar-refractivity contribution in [1.82, 2.24) is 4.98 Å². The number of amides is 1. The summed E-state index contributed by atoms with van der Waals surface area (Å²) in [5.74, 6) is -0.489. The van der Waals surface area contributed by atoms with Gasteiger partial charge in [-0.25, -0.2) is 0 Å². The predicted molar refractivity (Wildman–Crippen MR) is 83.7 cm³/mol. The predicted octanol–water partition coefficient (Wildman–Crippen LogP) is 2.65. The summed E-state index contributed by atoms with van der Waals surface area (Å²) in [6, 6.07) is 15.4. The van der Waals surface area contributed by atoms with Gasteiger partial charge >= 0.3 is 0 Å². The Hall–Kier alpha value is -3.39. The first-order chi connectivity index (χ1) is 10.7. The fourth-order valence-electron chi connectivity index (χ4n) is 2.16. The Bertz CT molecular complexity index is 950. The Morgan fingerprint density at radius 1 is 1.09 bits per heavy atom. The van der Waals surface area contributed by atoms with E-state index in [0.29, 0.717) is 22.2 Å². The van der Waals surface area contributed by atoms with Crippen molar-refractivity contribution in [3.8, 4) is 6.07 Å². The standard InChI is InChI=1S/C17H11N3O2/c18-9-11-5-7-12(8-6-11)20-17(22)14-10-19-15-4-2-1-3-13(15)16(14)21/h1-8,10H,(H,19,21)(H,20,22). The third-order valence-electron chi connectivity index (χ3n) is 3.30. The van der Waals surface area contributed by atoms with Crippen LogP contribution < -0.4 is 10.7 Å². The van der Waals surface area contributed by atoms with Gasteiger partial charge in [0.1, 0.15) is 5.56 Å². The van der Waals surface area contributed by atoms with Crippen LogP contribution in [0.4, 0.5) is 5.69 Å². The SMILES string of the molecule is N#Cc1ccc(NC(=O)c2c[nH]c3ccccc3c2=O)cc1. The molecule has 3 aromatic rings. The van der Waals surface area contributed by atoms with Crippen molar-refractivity contribution in [2.24, 2.45) is 0 Å². The van der Waals surface area contributed by atoms with Crippen molar-refractivity contribution in [1.29, 1.82) is 5.26 Å². The van der Waals surface area contributed by atoms with Gasteiger partial charge in [-0.3, -0.25) is 9.59 Å². The molecule has 1 heterocycles. The summed E-state index contributed by atoms with van der Waals surface area (Å²) in [5, 5.41) is 11.9. The van der Waals surface area contributed by atoms with E-state index < -0.39 is 5.91 Å². The molecule has 0 atom stereocenters. The van der Waals surface area contributed by atoms with Crippen LogP contribution in [0.25, 0.3) is 10.9 Å².